The number of aromatic nitrogens is 2. The molecule has 1 heterocycles. The number of halogens is 11. The molecule has 0 amide bonds. The summed E-state index contributed by atoms with van der Waals surface area (Å²) in [7, 11) is 0. The van der Waals surface area contributed by atoms with Crippen LogP contribution in [0.25, 0.3) is 16.9 Å². The van der Waals surface area contributed by atoms with E-state index in [-0.39, 0.29) is 29.2 Å². The molecular weight excluding hydrogens is 528 g/mol. The van der Waals surface area contributed by atoms with E-state index in [2.05, 4.69) is 5.10 Å². The third kappa shape index (κ3) is 4.15. The Labute approximate surface area is 184 Å². The van der Waals surface area contributed by atoms with Crippen LogP contribution in [0, 0.1) is 46.5 Å². The molecule has 0 aliphatic rings. The van der Waals surface area contributed by atoms with E-state index >= 15 is 0 Å². The zero-order chi connectivity index (χ0) is 24.3. The van der Waals surface area contributed by atoms with Gasteiger partial charge in [0.25, 0.3) is 5.78 Å². The van der Waals surface area contributed by atoms with E-state index in [1.807, 2.05) is 0 Å². The smallest absolute Gasteiger partial charge is 0.455 e. The average Bonchev–Trinajstić information content (AvgIpc) is 3.04. The van der Waals surface area contributed by atoms with Crippen molar-refractivity contribution in [1.82, 2.24) is 9.78 Å². The fourth-order valence-electron chi connectivity index (χ4n) is 2.59. The second kappa shape index (κ2) is 8.67. The number of aromatic hydroxyl groups is 1. The Morgan fingerprint density at radius 1 is 0.788 bits per heavy atom. The van der Waals surface area contributed by atoms with Crippen LogP contribution in [-0.4, -0.2) is 26.8 Å². The molecule has 0 unspecified atom stereocenters. The monoisotopic (exact) mass is 531 g/mol. The Morgan fingerprint density at radius 2 is 1.21 bits per heavy atom. The molecule has 33 heavy (non-hydrogen) atoms. The number of hydrogen-bond donors (Lipinski definition) is 1. The second-order valence-corrected chi connectivity index (χ2v) is 5.96. The molecule has 0 saturated carbocycles. The topological polar surface area (TPSA) is 55.1 Å². The quantitative estimate of drug-likeness (QED) is 0.168. The first-order chi connectivity index (χ1) is 14.7. The van der Waals surface area contributed by atoms with Crippen LogP contribution >= 0.6 is 0 Å². The van der Waals surface area contributed by atoms with Crippen LogP contribution in [0.5, 0.6) is 5.88 Å². The summed E-state index contributed by atoms with van der Waals surface area (Å²) in [6.07, 6.45) is -5.81. The van der Waals surface area contributed by atoms with Crippen molar-refractivity contribution in [3.63, 3.8) is 0 Å². The molecule has 0 bridgehead atoms. The van der Waals surface area contributed by atoms with E-state index in [0.717, 1.165) is 0 Å². The second-order valence-electron chi connectivity index (χ2n) is 5.96. The number of carbonyl (C=O) groups is 1. The maximum Gasteiger partial charge on any atom is 0.455 e. The van der Waals surface area contributed by atoms with Gasteiger partial charge in [0.05, 0.1) is 0 Å². The van der Waals surface area contributed by atoms with Crippen molar-refractivity contribution < 1.29 is 75.3 Å². The summed E-state index contributed by atoms with van der Waals surface area (Å²) in [6, 6.07) is 0.0203. The van der Waals surface area contributed by atoms with Crippen molar-refractivity contribution in [2.24, 2.45) is 0 Å². The minimum absolute atomic E-state index is 0. The molecule has 0 atom stereocenters. The Kier molecular flexibility index (Phi) is 6.86. The fourth-order valence-corrected chi connectivity index (χ4v) is 2.59. The van der Waals surface area contributed by atoms with Crippen LogP contribution in [0.1, 0.15) is 10.4 Å². The molecule has 0 aliphatic carbocycles. The van der Waals surface area contributed by atoms with Gasteiger partial charge in [0.1, 0.15) is 16.9 Å². The molecule has 1 aromatic heterocycles. The fraction of sp³-hybridized carbons (Fsp3) is 0.0588. The van der Waals surface area contributed by atoms with Gasteiger partial charge < -0.3 is 5.11 Å². The minimum Gasteiger partial charge on any atom is -0.493 e. The maximum atomic E-state index is 14.1. The molecule has 2 aromatic carbocycles. The molecule has 0 spiro atoms. The van der Waals surface area contributed by atoms with E-state index in [9.17, 15) is 58.2 Å². The molecule has 0 saturated heterocycles. The first kappa shape index (κ1) is 26.1. The zero-order valence-corrected chi connectivity index (χ0v) is 16.1. The van der Waals surface area contributed by atoms with Gasteiger partial charge in [-0.05, 0) is 12.1 Å². The molecule has 3 rings (SSSR count). The van der Waals surface area contributed by atoms with Crippen molar-refractivity contribution in [3.8, 4) is 22.8 Å². The van der Waals surface area contributed by atoms with Gasteiger partial charge in [-0.15, -0.1) is 0 Å². The van der Waals surface area contributed by atoms with E-state index in [4.69, 9.17) is 0 Å². The number of carbonyl (C=O) groups excluding carboxylic acids is 1. The summed E-state index contributed by atoms with van der Waals surface area (Å²) >= 11 is 0. The normalized spacial score (nSPS) is 11.5. The summed E-state index contributed by atoms with van der Waals surface area (Å²) in [5, 5.41) is 13.0. The molecule has 0 aliphatic heterocycles. The Morgan fingerprint density at radius 3 is 1.64 bits per heavy atom. The van der Waals surface area contributed by atoms with Crippen molar-refractivity contribution >= 4 is 5.78 Å². The molecule has 4 nitrogen and oxygen atoms in total. The number of rotatable bonds is 3. The van der Waals surface area contributed by atoms with Crippen LogP contribution < -0.4 is 0 Å². The van der Waals surface area contributed by atoms with Gasteiger partial charge in [-0.2, -0.15) is 23.0 Å². The van der Waals surface area contributed by atoms with Crippen molar-refractivity contribution in [3.05, 3.63) is 64.2 Å². The standard InChI is InChI=1S/C17H3F11N2O2.Mn/c18-4-1-3(2-5(19)7(4)20)13-6(15(31)17(26,27)28)16(32)30(29-13)14-11(24)9(22)8(21)10(23)12(14)25;/h1-2,32H;. The molecule has 0 fully saturated rings. The summed E-state index contributed by atoms with van der Waals surface area (Å²) in [5.74, 6) is -24.3. The number of ketones is 1. The van der Waals surface area contributed by atoms with Gasteiger partial charge in [-0.1, -0.05) is 0 Å². The van der Waals surface area contributed by atoms with Crippen LogP contribution in [0.3, 0.4) is 0 Å². The summed E-state index contributed by atoms with van der Waals surface area (Å²) < 4.78 is 147. The number of Topliss-reactive ketones (excluding diaryl/α,β-unsaturated/α-hetero) is 1. The van der Waals surface area contributed by atoms with Crippen molar-refractivity contribution in [2.45, 2.75) is 6.18 Å². The van der Waals surface area contributed by atoms with Crippen LogP contribution in [0.4, 0.5) is 48.3 Å². The summed E-state index contributed by atoms with van der Waals surface area (Å²) in [6.45, 7) is 0. The largest absolute Gasteiger partial charge is 0.493 e. The number of alkyl halides is 3. The Balaban J connectivity index is 0.00000385. The first-order valence-corrected chi connectivity index (χ1v) is 7.78. The number of benzene rings is 2. The SMILES string of the molecule is O=C(c1c(-c2cc(F)c(F)c(F)c2)nn(-c2c(F)c(F)c(F)c(F)c2F)c1O)C(F)(F)F.[Mn]. The zero-order valence-electron chi connectivity index (χ0n) is 14.9. The van der Waals surface area contributed by atoms with E-state index in [1.165, 1.54) is 0 Å². The Bertz CT molecular complexity index is 1240. The molecular formula is C17H3F11MnN2O2. The van der Waals surface area contributed by atoms with Gasteiger partial charge in [0, 0.05) is 22.6 Å². The first-order valence-electron chi connectivity index (χ1n) is 7.78. The van der Waals surface area contributed by atoms with Crippen molar-refractivity contribution in [1.29, 1.82) is 0 Å². The van der Waals surface area contributed by atoms with E-state index in [1.54, 1.807) is 0 Å². The van der Waals surface area contributed by atoms with Crippen LogP contribution in [0.2, 0.25) is 0 Å². The molecule has 1 radical (unpaired) electrons. The summed E-state index contributed by atoms with van der Waals surface area (Å²) in [4.78, 5) is 11.7. The molecule has 16 heteroatoms. The number of nitrogens with zero attached hydrogens (tertiary/aromatic N) is 2. The van der Waals surface area contributed by atoms with Gasteiger partial charge in [0.2, 0.25) is 11.7 Å². The minimum atomic E-state index is -5.81. The van der Waals surface area contributed by atoms with Gasteiger partial charge in [0.15, 0.2) is 40.7 Å². The molecule has 177 valence electrons. The molecule has 1 N–H and O–H groups in total. The van der Waals surface area contributed by atoms with E-state index in [0.29, 0.717) is 0 Å². The predicted octanol–water partition coefficient (Wildman–Crippen LogP) is 5.10. The van der Waals surface area contributed by atoms with E-state index < -0.39 is 91.6 Å². The Hall–Kier alpha value is -3.13. The summed E-state index contributed by atoms with van der Waals surface area (Å²) in [5.41, 5.74) is -6.73. The number of hydrogen-bond acceptors (Lipinski definition) is 3. The van der Waals surface area contributed by atoms with Gasteiger partial charge >= 0.3 is 6.18 Å². The van der Waals surface area contributed by atoms with Gasteiger partial charge in [-0.25, -0.2) is 35.1 Å². The molecule has 3 aromatic rings. The van der Waals surface area contributed by atoms with Crippen LogP contribution in [-0.2, 0) is 17.1 Å². The average molecular weight is 531 g/mol. The third-order valence-electron chi connectivity index (χ3n) is 4.00. The van der Waals surface area contributed by atoms with Gasteiger partial charge in [-0.3, -0.25) is 4.79 Å². The van der Waals surface area contributed by atoms with Crippen LogP contribution in [0.15, 0.2) is 12.1 Å². The van der Waals surface area contributed by atoms with Crippen molar-refractivity contribution in [2.75, 3.05) is 0 Å². The maximum absolute atomic E-state index is 14.1. The third-order valence-corrected chi connectivity index (χ3v) is 4.00. The predicted molar refractivity (Wildman–Crippen MR) is 80.7 cm³/mol.